The molecule has 0 heterocycles. The largest absolute Gasteiger partial charge is 0.396 e. The van der Waals surface area contributed by atoms with E-state index in [2.05, 4.69) is 67.6 Å². The van der Waals surface area contributed by atoms with E-state index in [1.54, 1.807) is 0 Å². The summed E-state index contributed by atoms with van der Waals surface area (Å²) >= 11 is 0. The monoisotopic (exact) mass is 402 g/mol. The van der Waals surface area contributed by atoms with Gasteiger partial charge < -0.3 is 9.84 Å². The Hall–Kier alpha value is -1.90. The van der Waals surface area contributed by atoms with Crippen molar-refractivity contribution in [2.24, 2.45) is 11.3 Å². The third-order valence-electron chi connectivity index (χ3n) is 7.69. The lowest BCUT2D eigenvalue weighted by molar-refractivity contribution is -0.147. The molecule has 2 nitrogen and oxygen atoms in total. The van der Waals surface area contributed by atoms with E-state index in [0.717, 1.165) is 13.0 Å². The number of aliphatic hydroxyl groups is 1. The molecule has 1 N–H and O–H groups in total. The topological polar surface area (TPSA) is 29.5 Å². The molecule has 0 amide bonds. The van der Waals surface area contributed by atoms with Gasteiger partial charge in [0.2, 0.25) is 0 Å². The standard InChI is InChI=1S/C28H34O2/c1-2-30-26-17-24(26)10-7-21-5-8-22(9-6-21)23-11-13-25(14-12-23)28-18-27(19-28,20-28)15-3-4-16-29/h5-14,24,26,29H,2-4,15-20H2,1H3/b10-7+. The number of aliphatic hydroxyl groups excluding tert-OH is 1. The lowest BCUT2D eigenvalue weighted by Gasteiger charge is -2.72. The Balaban J connectivity index is 1.16. The van der Waals surface area contributed by atoms with E-state index < -0.39 is 0 Å². The molecular weight excluding hydrogens is 368 g/mol. The summed E-state index contributed by atoms with van der Waals surface area (Å²) in [5, 5.41) is 9.00. The van der Waals surface area contributed by atoms with Crippen molar-refractivity contribution in [3.63, 3.8) is 0 Å². The minimum Gasteiger partial charge on any atom is -0.396 e. The molecule has 2 unspecified atom stereocenters. The Morgan fingerprint density at radius 1 is 0.967 bits per heavy atom. The maximum absolute atomic E-state index is 9.00. The quantitative estimate of drug-likeness (QED) is 0.468. The number of hydrogen-bond acceptors (Lipinski definition) is 2. The van der Waals surface area contributed by atoms with Crippen LogP contribution in [-0.2, 0) is 10.2 Å². The molecule has 0 saturated heterocycles. The second kappa shape index (κ2) is 7.98. The van der Waals surface area contributed by atoms with Crippen molar-refractivity contribution in [1.82, 2.24) is 0 Å². The Labute approximate surface area is 181 Å². The van der Waals surface area contributed by atoms with Crippen LogP contribution in [0.1, 0.15) is 63.0 Å². The van der Waals surface area contributed by atoms with Gasteiger partial charge in [0.25, 0.3) is 0 Å². The molecule has 6 rings (SSSR count). The van der Waals surface area contributed by atoms with Crippen molar-refractivity contribution in [3.8, 4) is 11.1 Å². The van der Waals surface area contributed by atoms with Gasteiger partial charge in [-0.05, 0) is 78.5 Å². The van der Waals surface area contributed by atoms with Crippen LogP contribution >= 0.6 is 0 Å². The Bertz CT molecular complexity index is 873. The van der Waals surface area contributed by atoms with Crippen LogP contribution in [0.4, 0.5) is 0 Å². The van der Waals surface area contributed by atoms with Gasteiger partial charge in [0.15, 0.2) is 0 Å². The molecule has 0 spiro atoms. The maximum Gasteiger partial charge on any atom is 0.0645 e. The van der Waals surface area contributed by atoms with Gasteiger partial charge in [-0.1, -0.05) is 67.1 Å². The zero-order valence-corrected chi connectivity index (χ0v) is 18.1. The summed E-state index contributed by atoms with van der Waals surface area (Å²) < 4.78 is 5.65. The highest BCUT2D eigenvalue weighted by Crippen LogP contribution is 2.75. The fourth-order valence-corrected chi connectivity index (χ4v) is 6.02. The maximum atomic E-state index is 9.00. The van der Waals surface area contributed by atoms with Crippen LogP contribution in [0.15, 0.2) is 54.6 Å². The van der Waals surface area contributed by atoms with E-state index in [1.807, 2.05) is 0 Å². The smallest absolute Gasteiger partial charge is 0.0645 e. The summed E-state index contributed by atoms with van der Waals surface area (Å²) in [6.07, 6.45) is 13.7. The summed E-state index contributed by atoms with van der Waals surface area (Å²) in [5.41, 5.74) is 6.46. The van der Waals surface area contributed by atoms with Crippen LogP contribution in [0.2, 0.25) is 0 Å². The van der Waals surface area contributed by atoms with Crippen LogP contribution in [-0.4, -0.2) is 24.4 Å². The normalized spacial score (nSPS) is 31.4. The zero-order chi connectivity index (χ0) is 20.6. The van der Waals surface area contributed by atoms with E-state index in [4.69, 9.17) is 9.84 Å². The minimum absolute atomic E-state index is 0.342. The summed E-state index contributed by atoms with van der Waals surface area (Å²) in [4.78, 5) is 0. The molecule has 4 saturated carbocycles. The van der Waals surface area contributed by atoms with Gasteiger partial charge in [-0.3, -0.25) is 0 Å². The molecule has 30 heavy (non-hydrogen) atoms. The van der Waals surface area contributed by atoms with Gasteiger partial charge >= 0.3 is 0 Å². The Morgan fingerprint density at radius 3 is 2.27 bits per heavy atom. The first-order chi connectivity index (χ1) is 14.7. The fourth-order valence-electron chi connectivity index (χ4n) is 6.02. The fraction of sp³-hybridized carbons (Fsp3) is 0.500. The van der Waals surface area contributed by atoms with Crippen LogP contribution < -0.4 is 0 Å². The molecule has 2 heteroatoms. The minimum atomic E-state index is 0.342. The van der Waals surface area contributed by atoms with E-state index in [0.29, 0.717) is 29.5 Å². The molecule has 2 bridgehead atoms. The van der Waals surface area contributed by atoms with Gasteiger partial charge in [0.05, 0.1) is 6.10 Å². The van der Waals surface area contributed by atoms with E-state index in [-0.39, 0.29) is 0 Å². The summed E-state index contributed by atoms with van der Waals surface area (Å²) in [7, 11) is 0. The molecule has 0 aromatic heterocycles. The average molecular weight is 403 g/mol. The molecule has 4 fully saturated rings. The van der Waals surface area contributed by atoms with Crippen LogP contribution in [0.5, 0.6) is 0 Å². The molecule has 4 aliphatic rings. The van der Waals surface area contributed by atoms with Crippen LogP contribution in [0, 0.1) is 11.3 Å². The first-order valence-corrected chi connectivity index (χ1v) is 11.8. The first-order valence-electron chi connectivity index (χ1n) is 11.8. The van der Waals surface area contributed by atoms with Gasteiger partial charge in [0.1, 0.15) is 0 Å². The lowest BCUT2D eigenvalue weighted by Crippen LogP contribution is -2.64. The molecule has 2 aromatic rings. The van der Waals surface area contributed by atoms with Crippen LogP contribution in [0.3, 0.4) is 0 Å². The van der Waals surface area contributed by atoms with E-state index in [9.17, 15) is 0 Å². The summed E-state index contributed by atoms with van der Waals surface area (Å²) in [6, 6.07) is 18.2. The number of benzene rings is 2. The number of hydrogen-bond donors (Lipinski definition) is 1. The second-order valence-corrected chi connectivity index (χ2v) is 9.94. The average Bonchev–Trinajstić information content (AvgIpc) is 3.46. The predicted molar refractivity (Wildman–Crippen MR) is 123 cm³/mol. The molecule has 0 aliphatic heterocycles. The number of unbranched alkanes of at least 4 members (excludes halogenated alkanes) is 1. The van der Waals surface area contributed by atoms with Crippen molar-refractivity contribution >= 4 is 6.08 Å². The second-order valence-electron chi connectivity index (χ2n) is 9.94. The van der Waals surface area contributed by atoms with Gasteiger partial charge in [-0.15, -0.1) is 0 Å². The third kappa shape index (κ3) is 3.76. The highest BCUT2D eigenvalue weighted by atomic mass is 16.5. The van der Waals surface area contributed by atoms with E-state index >= 15 is 0 Å². The van der Waals surface area contributed by atoms with E-state index in [1.165, 1.54) is 60.8 Å². The Kier molecular flexibility index (Phi) is 5.33. The highest BCUT2D eigenvalue weighted by Gasteiger charge is 2.67. The molecule has 2 atom stereocenters. The van der Waals surface area contributed by atoms with Gasteiger partial charge in [0, 0.05) is 19.1 Å². The van der Waals surface area contributed by atoms with Crippen molar-refractivity contribution in [2.45, 2.75) is 63.4 Å². The van der Waals surface area contributed by atoms with Gasteiger partial charge in [-0.25, -0.2) is 0 Å². The predicted octanol–water partition coefficient (Wildman–Crippen LogP) is 6.38. The highest BCUT2D eigenvalue weighted by molar-refractivity contribution is 5.66. The molecule has 158 valence electrons. The molecule has 4 aliphatic carbocycles. The first kappa shape index (κ1) is 20.0. The number of rotatable bonds is 10. The Morgan fingerprint density at radius 2 is 1.63 bits per heavy atom. The molecule has 0 radical (unpaired) electrons. The summed E-state index contributed by atoms with van der Waals surface area (Å²) in [5.74, 6) is 0.600. The lowest BCUT2D eigenvalue weighted by atomic mass is 9.32. The third-order valence-corrected chi connectivity index (χ3v) is 7.69. The van der Waals surface area contributed by atoms with Crippen molar-refractivity contribution in [2.75, 3.05) is 13.2 Å². The van der Waals surface area contributed by atoms with Crippen molar-refractivity contribution in [1.29, 1.82) is 0 Å². The molecule has 2 aromatic carbocycles. The molecular formula is C28H34O2. The number of ether oxygens (including phenoxy) is 1. The van der Waals surface area contributed by atoms with Crippen molar-refractivity contribution in [3.05, 3.63) is 65.7 Å². The van der Waals surface area contributed by atoms with Gasteiger partial charge in [-0.2, -0.15) is 0 Å². The zero-order valence-electron chi connectivity index (χ0n) is 18.1. The SMILES string of the molecule is CCOC1CC1/C=C/c1ccc(-c2ccc(C34CC(CCCCO)(C3)C4)cc2)cc1. The summed E-state index contributed by atoms with van der Waals surface area (Å²) in [6.45, 7) is 3.22. The van der Waals surface area contributed by atoms with Crippen LogP contribution in [0.25, 0.3) is 17.2 Å². The van der Waals surface area contributed by atoms with Crippen molar-refractivity contribution < 1.29 is 9.84 Å².